The molecule has 1 fully saturated rings. The first-order valence-electron chi connectivity index (χ1n) is 6.21. The van der Waals surface area contributed by atoms with Crippen LogP contribution in [0.25, 0.3) is 0 Å². The van der Waals surface area contributed by atoms with Crippen LogP contribution in [0.3, 0.4) is 0 Å². The molecule has 1 aromatic rings. The minimum absolute atomic E-state index is 0.154. The van der Waals surface area contributed by atoms with Crippen molar-refractivity contribution in [1.29, 1.82) is 0 Å². The van der Waals surface area contributed by atoms with Gasteiger partial charge in [0.05, 0.1) is 0 Å². The molecule has 0 heterocycles. The average Bonchev–Trinajstić information content (AvgIpc) is 2.18. The molecule has 0 N–H and O–H groups in total. The Labute approximate surface area is 108 Å². The van der Waals surface area contributed by atoms with E-state index in [9.17, 15) is 4.79 Å². The van der Waals surface area contributed by atoms with Crippen molar-refractivity contribution in [3.63, 3.8) is 0 Å². The highest BCUT2D eigenvalue weighted by Gasteiger charge is 2.32. The lowest BCUT2D eigenvalue weighted by atomic mass is 9.70. The largest absolute Gasteiger partial charge is 0.300 e. The van der Waals surface area contributed by atoms with Gasteiger partial charge in [0.2, 0.25) is 0 Å². The third-order valence-electron chi connectivity index (χ3n) is 3.50. The van der Waals surface area contributed by atoms with E-state index in [0.29, 0.717) is 18.1 Å². The Bertz CT molecular complexity index is 423. The van der Waals surface area contributed by atoms with Gasteiger partial charge in [-0.25, -0.2) is 0 Å². The average molecular weight is 251 g/mol. The molecule has 2 rings (SSSR count). The van der Waals surface area contributed by atoms with Crippen molar-refractivity contribution in [3.05, 3.63) is 34.9 Å². The van der Waals surface area contributed by atoms with Crippen molar-refractivity contribution in [2.24, 2.45) is 11.3 Å². The fourth-order valence-corrected chi connectivity index (χ4v) is 3.19. The number of rotatable bonds is 2. The molecule has 0 spiro atoms. The number of hydrogen-bond acceptors (Lipinski definition) is 1. The summed E-state index contributed by atoms with van der Waals surface area (Å²) < 4.78 is 0. The maximum absolute atomic E-state index is 11.7. The molecule has 1 saturated carbocycles. The van der Waals surface area contributed by atoms with Gasteiger partial charge in [0, 0.05) is 17.9 Å². The molecular formula is C15H19ClO. The zero-order valence-electron chi connectivity index (χ0n) is 10.5. The fourth-order valence-electron chi connectivity index (χ4n) is 2.97. The lowest BCUT2D eigenvalue weighted by Gasteiger charge is -2.34. The summed E-state index contributed by atoms with van der Waals surface area (Å²) in [7, 11) is 0. The molecule has 0 aromatic heterocycles. The van der Waals surface area contributed by atoms with Gasteiger partial charge < -0.3 is 0 Å². The molecule has 1 aromatic carbocycles. The van der Waals surface area contributed by atoms with Gasteiger partial charge in [0.15, 0.2) is 0 Å². The minimum atomic E-state index is 0.154. The van der Waals surface area contributed by atoms with Gasteiger partial charge in [-0.15, -0.1) is 0 Å². The van der Waals surface area contributed by atoms with Crippen molar-refractivity contribution in [2.75, 3.05) is 0 Å². The Morgan fingerprint density at radius 2 is 2.06 bits per heavy atom. The van der Waals surface area contributed by atoms with Crippen LogP contribution in [0.1, 0.15) is 38.7 Å². The van der Waals surface area contributed by atoms with E-state index in [2.05, 4.69) is 19.9 Å². The molecule has 1 aliphatic rings. The zero-order valence-corrected chi connectivity index (χ0v) is 11.3. The molecular weight excluding hydrogens is 232 g/mol. The summed E-state index contributed by atoms with van der Waals surface area (Å²) in [6.45, 7) is 4.37. The van der Waals surface area contributed by atoms with Crippen LogP contribution in [0.5, 0.6) is 0 Å². The molecule has 17 heavy (non-hydrogen) atoms. The summed E-state index contributed by atoms with van der Waals surface area (Å²) in [4.78, 5) is 11.7. The Hall–Kier alpha value is -0.820. The van der Waals surface area contributed by atoms with Gasteiger partial charge in [-0.3, -0.25) is 4.79 Å². The lowest BCUT2D eigenvalue weighted by Crippen LogP contribution is -2.29. The molecule has 0 saturated heterocycles. The molecule has 1 atom stereocenters. The lowest BCUT2D eigenvalue weighted by molar-refractivity contribution is -0.124. The third kappa shape index (κ3) is 3.32. The van der Waals surface area contributed by atoms with E-state index < -0.39 is 0 Å². The second-order valence-corrected chi connectivity index (χ2v) is 6.36. The first kappa shape index (κ1) is 12.6. The number of benzene rings is 1. The number of ketones is 1. The molecule has 0 aliphatic heterocycles. The SMILES string of the molecule is CC1(C)CC(=O)CC(Cc2ccccc2Cl)C1. The molecule has 1 aliphatic carbocycles. The van der Waals surface area contributed by atoms with Gasteiger partial charge in [-0.05, 0) is 35.8 Å². The Morgan fingerprint density at radius 1 is 1.35 bits per heavy atom. The van der Waals surface area contributed by atoms with Crippen molar-refractivity contribution in [1.82, 2.24) is 0 Å². The summed E-state index contributed by atoms with van der Waals surface area (Å²) in [5, 5.41) is 0.823. The first-order valence-corrected chi connectivity index (χ1v) is 6.59. The summed E-state index contributed by atoms with van der Waals surface area (Å²) >= 11 is 6.17. The van der Waals surface area contributed by atoms with Crippen molar-refractivity contribution >= 4 is 17.4 Å². The van der Waals surface area contributed by atoms with Gasteiger partial charge >= 0.3 is 0 Å². The van der Waals surface area contributed by atoms with Gasteiger partial charge in [0.1, 0.15) is 5.78 Å². The number of carbonyl (C=O) groups excluding carboxylic acids is 1. The number of carbonyl (C=O) groups is 1. The van der Waals surface area contributed by atoms with E-state index in [-0.39, 0.29) is 5.41 Å². The smallest absolute Gasteiger partial charge is 0.133 e. The van der Waals surface area contributed by atoms with Crippen LogP contribution in [0.2, 0.25) is 5.02 Å². The van der Waals surface area contributed by atoms with Crippen LogP contribution in [0.15, 0.2) is 24.3 Å². The summed E-state index contributed by atoms with van der Waals surface area (Å²) in [5.41, 5.74) is 1.33. The van der Waals surface area contributed by atoms with Crippen molar-refractivity contribution in [3.8, 4) is 0 Å². The molecule has 1 nitrogen and oxygen atoms in total. The first-order chi connectivity index (χ1) is 7.96. The summed E-state index contributed by atoms with van der Waals surface area (Å²) in [6, 6.07) is 7.94. The highest BCUT2D eigenvalue weighted by molar-refractivity contribution is 6.31. The van der Waals surface area contributed by atoms with E-state index >= 15 is 0 Å². The van der Waals surface area contributed by atoms with Gasteiger partial charge in [-0.1, -0.05) is 43.6 Å². The number of hydrogen-bond donors (Lipinski definition) is 0. The monoisotopic (exact) mass is 250 g/mol. The second kappa shape index (κ2) is 4.81. The molecule has 92 valence electrons. The van der Waals surface area contributed by atoms with Crippen LogP contribution in [0.4, 0.5) is 0 Å². The molecule has 0 radical (unpaired) electrons. The molecule has 2 heteroatoms. The highest BCUT2D eigenvalue weighted by atomic mass is 35.5. The summed E-state index contributed by atoms with van der Waals surface area (Å²) in [5.74, 6) is 0.851. The Morgan fingerprint density at radius 3 is 2.71 bits per heavy atom. The maximum Gasteiger partial charge on any atom is 0.133 e. The summed E-state index contributed by atoms with van der Waals surface area (Å²) in [6.07, 6.45) is 3.49. The molecule has 0 bridgehead atoms. The number of Topliss-reactive ketones (excluding diaryl/α,β-unsaturated/α-hetero) is 1. The van der Waals surface area contributed by atoms with E-state index in [1.54, 1.807) is 0 Å². The van der Waals surface area contributed by atoms with Gasteiger partial charge in [0.25, 0.3) is 0 Å². The van der Waals surface area contributed by atoms with Crippen LogP contribution in [-0.4, -0.2) is 5.78 Å². The standard InChI is InChI=1S/C15H19ClO/c1-15(2)9-11(8-13(17)10-15)7-12-5-3-4-6-14(12)16/h3-6,11H,7-10H2,1-2H3. The van der Waals surface area contributed by atoms with E-state index in [0.717, 1.165) is 24.3 Å². The normalized spacial score (nSPS) is 23.7. The Kier molecular flexibility index (Phi) is 3.58. The molecule has 0 amide bonds. The molecule has 1 unspecified atom stereocenters. The second-order valence-electron chi connectivity index (χ2n) is 5.95. The quantitative estimate of drug-likeness (QED) is 0.766. The predicted molar refractivity (Wildman–Crippen MR) is 71.3 cm³/mol. The van der Waals surface area contributed by atoms with E-state index in [1.807, 2.05) is 18.2 Å². The Balaban J connectivity index is 2.09. The van der Waals surface area contributed by atoms with Crippen LogP contribution < -0.4 is 0 Å². The fraction of sp³-hybridized carbons (Fsp3) is 0.533. The predicted octanol–water partition coefficient (Wildman–Crippen LogP) is 4.28. The van der Waals surface area contributed by atoms with Crippen molar-refractivity contribution < 1.29 is 4.79 Å². The third-order valence-corrected chi connectivity index (χ3v) is 3.87. The van der Waals surface area contributed by atoms with E-state index in [1.165, 1.54) is 5.56 Å². The van der Waals surface area contributed by atoms with E-state index in [4.69, 9.17) is 11.6 Å². The van der Waals surface area contributed by atoms with Crippen LogP contribution >= 0.6 is 11.6 Å². The minimum Gasteiger partial charge on any atom is -0.300 e. The maximum atomic E-state index is 11.7. The highest BCUT2D eigenvalue weighted by Crippen LogP contribution is 2.38. The van der Waals surface area contributed by atoms with Gasteiger partial charge in [-0.2, -0.15) is 0 Å². The topological polar surface area (TPSA) is 17.1 Å². The van der Waals surface area contributed by atoms with Crippen LogP contribution in [-0.2, 0) is 11.2 Å². The van der Waals surface area contributed by atoms with Crippen molar-refractivity contribution in [2.45, 2.75) is 39.5 Å². The van der Waals surface area contributed by atoms with Crippen LogP contribution in [0, 0.1) is 11.3 Å². The number of halogens is 1. The zero-order chi connectivity index (χ0) is 12.5.